The first-order valence-corrected chi connectivity index (χ1v) is 5.20. The van der Waals surface area contributed by atoms with Crippen LogP contribution in [-0.4, -0.2) is 15.6 Å². The summed E-state index contributed by atoms with van der Waals surface area (Å²) in [5, 5.41) is 4.04. The van der Waals surface area contributed by atoms with Crippen LogP contribution in [0.2, 0.25) is 0 Å². The van der Waals surface area contributed by atoms with Gasteiger partial charge in [-0.15, -0.1) is 0 Å². The molecule has 0 atom stereocenters. The lowest BCUT2D eigenvalue weighted by Gasteiger charge is -1.92. The molecule has 0 radical (unpaired) electrons. The Kier molecular flexibility index (Phi) is 2.73. The summed E-state index contributed by atoms with van der Waals surface area (Å²) in [6.45, 7) is 0. The van der Waals surface area contributed by atoms with Crippen LogP contribution in [0, 0.1) is 0 Å². The van der Waals surface area contributed by atoms with Crippen LogP contribution in [0.3, 0.4) is 0 Å². The second-order valence-corrected chi connectivity index (χ2v) is 4.02. The predicted octanol–water partition coefficient (Wildman–Crippen LogP) is 2.20. The van der Waals surface area contributed by atoms with Crippen molar-refractivity contribution in [3.05, 3.63) is 40.5 Å². The van der Waals surface area contributed by atoms with Crippen molar-refractivity contribution in [3.8, 4) is 0 Å². The average Bonchev–Trinajstić information content (AvgIpc) is 2.75. The van der Waals surface area contributed by atoms with Crippen LogP contribution in [0.25, 0.3) is 0 Å². The predicted molar refractivity (Wildman–Crippen MR) is 57.7 cm³/mol. The molecule has 2 aromatic rings. The van der Waals surface area contributed by atoms with Crippen molar-refractivity contribution in [2.75, 3.05) is 0 Å². The van der Waals surface area contributed by atoms with E-state index in [-0.39, 0.29) is 5.78 Å². The van der Waals surface area contributed by atoms with Crippen molar-refractivity contribution in [2.45, 2.75) is 6.42 Å². The second kappa shape index (κ2) is 4.02. The van der Waals surface area contributed by atoms with Gasteiger partial charge in [0.15, 0.2) is 10.5 Å². The third-order valence-electron chi connectivity index (χ3n) is 1.99. The Morgan fingerprint density at radius 3 is 3.00 bits per heavy atom. The fourth-order valence-corrected chi connectivity index (χ4v) is 1.67. The number of carbonyl (C=O) groups is 1. The molecule has 0 aliphatic carbocycles. The van der Waals surface area contributed by atoms with Gasteiger partial charge in [-0.1, -0.05) is 0 Å². The molecule has 78 valence electrons. The minimum absolute atomic E-state index is 0.0103. The third kappa shape index (κ3) is 2.36. The topological polar surface area (TPSA) is 48.0 Å². The zero-order valence-corrected chi connectivity index (χ0v) is 9.69. The van der Waals surface area contributed by atoms with Crippen LogP contribution in [0.5, 0.6) is 0 Å². The van der Waals surface area contributed by atoms with E-state index in [0.717, 1.165) is 5.56 Å². The number of carbonyl (C=O) groups excluding carboxylic acids is 1. The second-order valence-electron chi connectivity index (χ2n) is 3.23. The molecular weight excluding hydrogens is 260 g/mol. The molecule has 5 heteroatoms. The summed E-state index contributed by atoms with van der Waals surface area (Å²) >= 11 is 3.18. The van der Waals surface area contributed by atoms with Gasteiger partial charge >= 0.3 is 0 Å². The van der Waals surface area contributed by atoms with Gasteiger partial charge in [-0.2, -0.15) is 5.10 Å². The molecule has 0 amide bonds. The molecule has 4 nitrogen and oxygen atoms in total. The van der Waals surface area contributed by atoms with E-state index in [2.05, 4.69) is 21.0 Å². The summed E-state index contributed by atoms with van der Waals surface area (Å²) in [4.78, 5) is 11.7. The molecule has 0 fully saturated rings. The van der Waals surface area contributed by atoms with Gasteiger partial charge in [0.05, 0.1) is 6.26 Å². The molecule has 0 N–H and O–H groups in total. The Balaban J connectivity index is 2.10. The Bertz CT molecular complexity index is 487. The molecule has 0 aliphatic heterocycles. The number of nitrogens with zero attached hydrogens (tertiary/aromatic N) is 2. The summed E-state index contributed by atoms with van der Waals surface area (Å²) < 4.78 is 7.29. The highest BCUT2D eigenvalue weighted by atomic mass is 79.9. The molecular formula is C10H9BrN2O2. The summed E-state index contributed by atoms with van der Waals surface area (Å²) in [6, 6.07) is 3.48. The SMILES string of the molecule is Cn1ccc(C(=O)Cc2coc(Br)c2)n1. The van der Waals surface area contributed by atoms with Crippen LogP contribution in [0.4, 0.5) is 0 Å². The number of aryl methyl sites for hydroxylation is 1. The van der Waals surface area contributed by atoms with Crippen molar-refractivity contribution in [1.29, 1.82) is 0 Å². The highest BCUT2D eigenvalue weighted by Crippen LogP contribution is 2.15. The monoisotopic (exact) mass is 268 g/mol. The van der Waals surface area contributed by atoms with Crippen LogP contribution in [-0.2, 0) is 13.5 Å². The van der Waals surface area contributed by atoms with Gasteiger partial charge in [-0.25, -0.2) is 0 Å². The summed E-state index contributed by atoms with van der Waals surface area (Å²) in [5.74, 6) is -0.0103. The molecule has 0 saturated carbocycles. The van der Waals surface area contributed by atoms with Gasteiger partial charge in [0, 0.05) is 19.7 Å². The number of aromatic nitrogens is 2. The zero-order chi connectivity index (χ0) is 10.8. The molecule has 0 aromatic carbocycles. The normalized spacial score (nSPS) is 10.5. The molecule has 0 aliphatic rings. The van der Waals surface area contributed by atoms with E-state index >= 15 is 0 Å². The van der Waals surface area contributed by atoms with Crippen LogP contribution in [0.1, 0.15) is 16.1 Å². The highest BCUT2D eigenvalue weighted by molar-refractivity contribution is 9.10. The molecule has 2 aromatic heterocycles. The zero-order valence-electron chi connectivity index (χ0n) is 8.11. The molecule has 0 unspecified atom stereocenters. The number of halogens is 1. The number of hydrogen-bond donors (Lipinski definition) is 0. The van der Waals surface area contributed by atoms with Gasteiger partial charge < -0.3 is 4.42 Å². The number of ketones is 1. The van der Waals surface area contributed by atoms with Crippen LogP contribution >= 0.6 is 15.9 Å². The minimum Gasteiger partial charge on any atom is -0.457 e. The van der Waals surface area contributed by atoms with Gasteiger partial charge in [-0.3, -0.25) is 9.48 Å². The summed E-state index contributed by atoms with van der Waals surface area (Å²) in [6.07, 6.45) is 3.62. The quantitative estimate of drug-likeness (QED) is 0.802. The van der Waals surface area contributed by atoms with E-state index in [4.69, 9.17) is 4.42 Å². The molecule has 2 heterocycles. The first kappa shape index (κ1) is 10.2. The largest absolute Gasteiger partial charge is 0.457 e. The maximum atomic E-state index is 11.7. The number of rotatable bonds is 3. The van der Waals surface area contributed by atoms with Crippen molar-refractivity contribution in [3.63, 3.8) is 0 Å². The number of furan rings is 1. The molecule has 15 heavy (non-hydrogen) atoms. The van der Waals surface area contributed by atoms with Crippen LogP contribution in [0.15, 0.2) is 33.7 Å². The van der Waals surface area contributed by atoms with E-state index in [0.29, 0.717) is 16.8 Å². The molecule has 0 bridgehead atoms. The maximum Gasteiger partial charge on any atom is 0.187 e. The van der Waals surface area contributed by atoms with Gasteiger partial charge in [-0.05, 0) is 33.6 Å². The Labute approximate surface area is 95.0 Å². The number of Topliss-reactive ketones (excluding diaryl/α,β-unsaturated/α-hetero) is 1. The first-order valence-electron chi connectivity index (χ1n) is 4.41. The van der Waals surface area contributed by atoms with Gasteiger partial charge in [0.1, 0.15) is 5.69 Å². The van der Waals surface area contributed by atoms with E-state index in [1.165, 1.54) is 0 Å². The van der Waals surface area contributed by atoms with Crippen molar-refractivity contribution >= 4 is 21.7 Å². The van der Waals surface area contributed by atoms with E-state index < -0.39 is 0 Å². The Morgan fingerprint density at radius 1 is 1.67 bits per heavy atom. The minimum atomic E-state index is -0.0103. The first-order chi connectivity index (χ1) is 7.15. The lowest BCUT2D eigenvalue weighted by molar-refractivity contribution is 0.0987. The average molecular weight is 269 g/mol. The van der Waals surface area contributed by atoms with E-state index in [1.807, 2.05) is 0 Å². The van der Waals surface area contributed by atoms with Gasteiger partial charge in [0.25, 0.3) is 0 Å². The van der Waals surface area contributed by atoms with Crippen molar-refractivity contribution in [1.82, 2.24) is 9.78 Å². The Morgan fingerprint density at radius 2 is 2.47 bits per heavy atom. The van der Waals surface area contributed by atoms with Crippen molar-refractivity contribution in [2.24, 2.45) is 7.05 Å². The molecule has 2 rings (SSSR count). The lowest BCUT2D eigenvalue weighted by Crippen LogP contribution is -2.04. The fourth-order valence-electron chi connectivity index (χ4n) is 1.28. The smallest absolute Gasteiger partial charge is 0.187 e. The summed E-state index contributed by atoms with van der Waals surface area (Å²) in [7, 11) is 1.78. The van der Waals surface area contributed by atoms with E-state index in [9.17, 15) is 4.79 Å². The molecule has 0 spiro atoms. The Hall–Kier alpha value is -1.36. The maximum absolute atomic E-state index is 11.7. The standard InChI is InChI=1S/C10H9BrN2O2/c1-13-3-2-8(12-13)9(14)4-7-5-10(11)15-6-7/h2-3,5-6H,4H2,1H3. The van der Waals surface area contributed by atoms with Crippen LogP contribution < -0.4 is 0 Å². The fraction of sp³-hybridized carbons (Fsp3) is 0.200. The number of hydrogen-bond acceptors (Lipinski definition) is 3. The van der Waals surface area contributed by atoms with Crippen molar-refractivity contribution < 1.29 is 9.21 Å². The van der Waals surface area contributed by atoms with E-state index in [1.54, 1.807) is 36.3 Å². The lowest BCUT2D eigenvalue weighted by atomic mass is 10.1. The third-order valence-corrected chi connectivity index (χ3v) is 2.40. The highest BCUT2D eigenvalue weighted by Gasteiger charge is 2.11. The van der Waals surface area contributed by atoms with Gasteiger partial charge in [0.2, 0.25) is 0 Å². The summed E-state index contributed by atoms with van der Waals surface area (Å²) in [5.41, 5.74) is 1.33. The molecule has 0 saturated heterocycles.